The van der Waals surface area contributed by atoms with E-state index in [1.165, 1.54) is 43.9 Å². The molecule has 3 heterocycles. The zero-order valence-electron chi connectivity index (χ0n) is 14.5. The molecule has 0 amide bonds. The van der Waals surface area contributed by atoms with Gasteiger partial charge in [0, 0.05) is 16.5 Å². The summed E-state index contributed by atoms with van der Waals surface area (Å²) in [6.07, 6.45) is 0. The van der Waals surface area contributed by atoms with Crippen molar-refractivity contribution < 1.29 is 4.74 Å². The van der Waals surface area contributed by atoms with Crippen LogP contribution < -0.4 is 21.1 Å². The number of aromatic nitrogens is 1. The zero-order valence-corrected chi connectivity index (χ0v) is 14.5. The van der Waals surface area contributed by atoms with Gasteiger partial charge in [-0.1, -0.05) is 54.6 Å². The number of hydrogen-bond donors (Lipinski definition) is 0. The van der Waals surface area contributed by atoms with Crippen molar-refractivity contribution in [1.82, 2.24) is 4.57 Å². The second-order valence-corrected chi connectivity index (χ2v) is 7.36. The van der Waals surface area contributed by atoms with Crippen LogP contribution in [-0.4, -0.2) is 11.3 Å². The van der Waals surface area contributed by atoms with Gasteiger partial charge in [0.05, 0.1) is 11.0 Å². The summed E-state index contributed by atoms with van der Waals surface area (Å²) in [5.74, 6) is 1.94. The summed E-state index contributed by atoms with van der Waals surface area (Å²) >= 11 is 0. The maximum absolute atomic E-state index is 6.34. The molecule has 0 unspecified atom stereocenters. The van der Waals surface area contributed by atoms with Crippen LogP contribution in [0.3, 0.4) is 0 Å². The maximum Gasteiger partial charge on any atom is 0.256 e. The fourth-order valence-electron chi connectivity index (χ4n) is 5.03. The van der Waals surface area contributed by atoms with Gasteiger partial charge in [0.25, 0.3) is 6.71 Å². The van der Waals surface area contributed by atoms with Gasteiger partial charge in [0.2, 0.25) is 0 Å². The van der Waals surface area contributed by atoms with Gasteiger partial charge >= 0.3 is 0 Å². The number of ether oxygens (including phenoxy) is 1. The molecule has 0 aliphatic carbocycles. The van der Waals surface area contributed by atoms with Crippen molar-refractivity contribution in [2.45, 2.75) is 0 Å². The number of fused-ring (bicyclic) bond motifs is 8. The van der Waals surface area contributed by atoms with Gasteiger partial charge in [-0.25, -0.2) is 0 Å². The van der Waals surface area contributed by atoms with Crippen molar-refractivity contribution in [3.8, 4) is 17.2 Å². The summed E-state index contributed by atoms with van der Waals surface area (Å²) in [6.45, 7) is 0.210. The van der Waals surface area contributed by atoms with Crippen LogP contribution in [-0.2, 0) is 0 Å². The van der Waals surface area contributed by atoms with E-state index < -0.39 is 0 Å². The molecule has 2 nitrogen and oxygen atoms in total. The lowest BCUT2D eigenvalue weighted by atomic mass is 9.34. The van der Waals surface area contributed by atoms with E-state index in [-0.39, 0.29) is 6.71 Å². The van der Waals surface area contributed by atoms with Crippen LogP contribution in [0.25, 0.3) is 27.5 Å². The molecule has 124 valence electrons. The molecule has 0 bridgehead atoms. The lowest BCUT2D eigenvalue weighted by Gasteiger charge is -2.32. The third kappa shape index (κ3) is 1.54. The summed E-state index contributed by atoms with van der Waals surface area (Å²) in [7, 11) is 0. The minimum atomic E-state index is 0.210. The average Bonchev–Trinajstić information content (AvgIpc) is 3.07. The molecule has 7 rings (SSSR count). The number of nitrogens with zero attached hydrogens (tertiary/aromatic N) is 1. The average molecular weight is 343 g/mol. The van der Waals surface area contributed by atoms with Gasteiger partial charge in [-0.05, 0) is 46.7 Å². The van der Waals surface area contributed by atoms with Crippen LogP contribution in [0, 0.1) is 0 Å². The first-order valence-electron chi connectivity index (χ1n) is 9.34. The Morgan fingerprint density at radius 3 is 2.37 bits per heavy atom. The van der Waals surface area contributed by atoms with E-state index >= 15 is 0 Å². The summed E-state index contributed by atoms with van der Waals surface area (Å²) < 4.78 is 8.77. The Balaban J connectivity index is 1.77. The van der Waals surface area contributed by atoms with Crippen LogP contribution in [0.15, 0.2) is 84.9 Å². The molecule has 0 fully saturated rings. The van der Waals surface area contributed by atoms with E-state index in [0.29, 0.717) is 0 Å². The number of rotatable bonds is 0. The number of para-hydroxylation sites is 3. The normalized spacial score (nSPS) is 13.4. The predicted molar refractivity (Wildman–Crippen MR) is 112 cm³/mol. The second kappa shape index (κ2) is 4.63. The van der Waals surface area contributed by atoms with E-state index in [9.17, 15) is 0 Å². The van der Waals surface area contributed by atoms with E-state index in [0.717, 1.165) is 11.5 Å². The molecule has 0 saturated heterocycles. The Labute approximate surface area is 156 Å². The van der Waals surface area contributed by atoms with Crippen LogP contribution >= 0.6 is 0 Å². The van der Waals surface area contributed by atoms with Gasteiger partial charge in [-0.2, -0.15) is 0 Å². The Hall–Kier alpha value is -3.46. The standard InChI is InChI=1S/C24H14BNO/c1-4-10-19-15(7-1)16-13-14-22-23-24(16)26(19)20-11-5-2-8-17(20)25(23)18-9-3-6-12-21(18)27-22/h1-14H. The van der Waals surface area contributed by atoms with Gasteiger partial charge in [-0.3, -0.25) is 0 Å². The largest absolute Gasteiger partial charge is 0.458 e. The molecule has 0 spiro atoms. The molecular weight excluding hydrogens is 329 g/mol. The number of benzene rings is 4. The Morgan fingerprint density at radius 2 is 1.41 bits per heavy atom. The molecule has 0 N–H and O–H groups in total. The third-order valence-electron chi connectivity index (χ3n) is 6.06. The van der Waals surface area contributed by atoms with Crippen molar-refractivity contribution in [3.63, 3.8) is 0 Å². The Morgan fingerprint density at radius 1 is 0.630 bits per heavy atom. The van der Waals surface area contributed by atoms with Gasteiger partial charge in [-0.15, -0.1) is 0 Å². The summed E-state index contributed by atoms with van der Waals surface area (Å²) in [4.78, 5) is 0. The van der Waals surface area contributed by atoms with Crippen molar-refractivity contribution in [2.75, 3.05) is 0 Å². The molecule has 0 atom stereocenters. The van der Waals surface area contributed by atoms with Crippen molar-refractivity contribution in [1.29, 1.82) is 0 Å². The fraction of sp³-hybridized carbons (Fsp3) is 0. The predicted octanol–water partition coefficient (Wildman–Crippen LogP) is 3.72. The van der Waals surface area contributed by atoms with Gasteiger partial charge < -0.3 is 9.30 Å². The van der Waals surface area contributed by atoms with Crippen molar-refractivity contribution in [3.05, 3.63) is 84.9 Å². The highest BCUT2D eigenvalue weighted by Crippen LogP contribution is 2.37. The quantitative estimate of drug-likeness (QED) is 0.383. The van der Waals surface area contributed by atoms with Crippen LogP contribution in [0.4, 0.5) is 0 Å². The van der Waals surface area contributed by atoms with E-state index in [4.69, 9.17) is 4.74 Å². The van der Waals surface area contributed by atoms with Crippen molar-refractivity contribution >= 4 is 44.9 Å². The van der Waals surface area contributed by atoms with Gasteiger partial charge in [0.1, 0.15) is 11.5 Å². The van der Waals surface area contributed by atoms with Crippen molar-refractivity contribution in [2.24, 2.45) is 0 Å². The highest BCUT2D eigenvalue weighted by atomic mass is 16.5. The lowest BCUT2D eigenvalue weighted by molar-refractivity contribution is 0.488. The molecule has 2 aliphatic rings. The molecule has 5 aromatic rings. The zero-order chi connectivity index (χ0) is 17.5. The molecule has 1 aromatic heterocycles. The summed E-state index contributed by atoms with van der Waals surface area (Å²) in [6, 6.07) is 30.3. The minimum Gasteiger partial charge on any atom is -0.458 e. The smallest absolute Gasteiger partial charge is 0.256 e. The monoisotopic (exact) mass is 343 g/mol. The van der Waals surface area contributed by atoms with E-state index in [1.54, 1.807) is 0 Å². The molecule has 0 saturated carbocycles. The SMILES string of the molecule is c1ccc2c(c1)Oc1ccc3c4ccccc4n4c3c1B2c1ccccc1-4. The Kier molecular flexibility index (Phi) is 2.35. The fourth-order valence-corrected chi connectivity index (χ4v) is 5.03. The lowest BCUT2D eigenvalue weighted by Crippen LogP contribution is -2.58. The first kappa shape index (κ1) is 13.7. The second-order valence-electron chi connectivity index (χ2n) is 7.36. The van der Waals surface area contributed by atoms with E-state index in [1.807, 2.05) is 6.07 Å². The first-order valence-corrected chi connectivity index (χ1v) is 9.34. The molecule has 27 heavy (non-hydrogen) atoms. The molecule has 0 radical (unpaired) electrons. The van der Waals surface area contributed by atoms with Crippen LogP contribution in [0.1, 0.15) is 0 Å². The summed E-state index contributed by atoms with van der Waals surface area (Å²) in [5, 5.41) is 2.59. The van der Waals surface area contributed by atoms with Crippen LogP contribution in [0.2, 0.25) is 0 Å². The number of hydrogen-bond acceptors (Lipinski definition) is 1. The highest BCUT2D eigenvalue weighted by molar-refractivity contribution is 6.99. The van der Waals surface area contributed by atoms with E-state index in [2.05, 4.69) is 83.4 Å². The Bertz CT molecular complexity index is 1420. The topological polar surface area (TPSA) is 14.2 Å². The van der Waals surface area contributed by atoms with Gasteiger partial charge in [0.15, 0.2) is 0 Å². The summed E-state index contributed by atoms with van der Waals surface area (Å²) in [5.41, 5.74) is 7.70. The molecule has 2 aliphatic heterocycles. The third-order valence-corrected chi connectivity index (χ3v) is 6.06. The first-order chi connectivity index (χ1) is 13.4. The minimum absolute atomic E-state index is 0.210. The molecular formula is C24H14BNO. The van der Waals surface area contributed by atoms with Crippen LogP contribution in [0.5, 0.6) is 11.5 Å². The molecule has 3 heteroatoms. The molecule has 4 aromatic carbocycles. The highest BCUT2D eigenvalue weighted by Gasteiger charge is 2.39. The maximum atomic E-state index is 6.34.